The average molecular weight is 691 g/mol. The highest BCUT2D eigenvalue weighted by Gasteiger charge is 2.53. The lowest BCUT2D eigenvalue weighted by Crippen LogP contribution is -2.38. The van der Waals surface area contributed by atoms with E-state index in [1.807, 2.05) is 0 Å². The van der Waals surface area contributed by atoms with Gasteiger partial charge in [-0.25, -0.2) is 39.0 Å². The van der Waals surface area contributed by atoms with Crippen LogP contribution in [0.5, 0.6) is 0 Å². The summed E-state index contributed by atoms with van der Waals surface area (Å²) >= 11 is 8.16. The fraction of sp³-hybridized carbons (Fsp3) is 0.500. The van der Waals surface area contributed by atoms with Gasteiger partial charge in [-0.15, -0.1) is 0 Å². The van der Waals surface area contributed by atoms with Crippen LogP contribution in [-0.4, -0.2) is 99.1 Å². The highest BCUT2D eigenvalue weighted by molar-refractivity contribution is 8.44. The lowest BCUT2D eigenvalue weighted by atomic mass is 10.1. The Kier molecular flexibility index (Phi) is 7.63. The largest absolute Gasteiger partial charge is 0.386 e. The molecular weight excluding hydrogens is 666 g/mol. The van der Waals surface area contributed by atoms with Crippen molar-refractivity contribution in [3.8, 4) is 0 Å². The number of nitrogen functional groups attached to an aromatic ring is 2. The van der Waals surface area contributed by atoms with Crippen molar-refractivity contribution >= 4 is 72.1 Å². The van der Waals surface area contributed by atoms with Gasteiger partial charge in [-0.1, -0.05) is 24.5 Å². The molecule has 4 aromatic heterocycles. The van der Waals surface area contributed by atoms with Gasteiger partial charge in [0.1, 0.15) is 60.3 Å². The zero-order valence-electron chi connectivity index (χ0n) is 22.0. The van der Waals surface area contributed by atoms with Crippen LogP contribution in [0.15, 0.2) is 25.3 Å². The molecule has 44 heavy (non-hydrogen) atoms. The second kappa shape index (κ2) is 11.1. The molecule has 0 radical (unpaired) electrons. The highest BCUT2D eigenvalue weighted by atomic mass is 32.7. The van der Waals surface area contributed by atoms with Gasteiger partial charge in [0.05, 0.1) is 25.9 Å². The molecule has 3 aliphatic rings. The summed E-state index contributed by atoms with van der Waals surface area (Å²) in [7, 11) is 0. The quantitative estimate of drug-likeness (QED) is 0.121. The summed E-state index contributed by atoms with van der Waals surface area (Å²) in [5.41, 5.74) is 12.7. The molecule has 0 amide bonds. The Morgan fingerprint density at radius 3 is 1.55 bits per heavy atom. The molecule has 7 heterocycles. The van der Waals surface area contributed by atoms with Gasteiger partial charge < -0.3 is 31.2 Å². The predicted octanol–water partition coefficient (Wildman–Crippen LogP) is 0.240. The van der Waals surface area contributed by atoms with E-state index >= 15 is 0 Å². The number of hydrogen-bond donors (Lipinski definition) is 6. The third kappa shape index (κ3) is 5.27. The maximum Gasteiger partial charge on any atom is 0.386 e. The first-order valence-electron chi connectivity index (χ1n) is 12.8. The number of thiol groups is 2. The van der Waals surface area contributed by atoms with E-state index in [1.165, 1.54) is 34.4 Å². The number of aromatic nitrogens is 8. The van der Waals surface area contributed by atoms with Crippen molar-refractivity contribution in [1.82, 2.24) is 39.0 Å². The zero-order valence-corrected chi connectivity index (χ0v) is 25.6. The second-order valence-electron chi connectivity index (χ2n) is 9.95. The van der Waals surface area contributed by atoms with Crippen LogP contribution in [0.3, 0.4) is 0 Å². The molecule has 0 saturated carbocycles. The molecule has 6 N–H and O–H groups in total. The van der Waals surface area contributed by atoms with E-state index < -0.39 is 75.9 Å². The molecule has 3 saturated heterocycles. The zero-order chi connectivity index (χ0) is 31.0. The maximum absolute atomic E-state index is 13.4. The van der Waals surface area contributed by atoms with Crippen LogP contribution < -0.4 is 11.5 Å². The van der Waals surface area contributed by atoms with Gasteiger partial charge in [0.2, 0.25) is 0 Å². The van der Waals surface area contributed by atoms with Gasteiger partial charge in [0.25, 0.3) is 0 Å². The summed E-state index contributed by atoms with van der Waals surface area (Å²) in [5.74, 6) is 0.203. The average Bonchev–Trinajstić information content (AvgIpc) is 3.73. The van der Waals surface area contributed by atoms with Crippen LogP contribution in [0.4, 0.5) is 11.6 Å². The molecule has 236 valence electrons. The first-order chi connectivity index (χ1) is 20.9. The Morgan fingerprint density at radius 1 is 0.727 bits per heavy atom. The fourth-order valence-corrected chi connectivity index (χ4v) is 8.23. The maximum atomic E-state index is 13.4. The highest BCUT2D eigenvalue weighted by Crippen LogP contribution is 2.60. The number of nitrogens with zero attached hydrogens (tertiary/aromatic N) is 8. The van der Waals surface area contributed by atoms with E-state index in [1.54, 1.807) is 0 Å². The molecule has 24 heteroatoms. The van der Waals surface area contributed by atoms with E-state index in [-0.39, 0.29) is 34.0 Å². The number of hydrogen-bond acceptors (Lipinski definition) is 18. The van der Waals surface area contributed by atoms with Crippen molar-refractivity contribution in [2.75, 3.05) is 24.7 Å². The number of fused-ring (bicyclic) bond motifs is 4. The smallest absolute Gasteiger partial charge is 0.386 e. The van der Waals surface area contributed by atoms with Gasteiger partial charge in [-0.2, -0.15) is 0 Å². The van der Waals surface area contributed by atoms with Gasteiger partial charge in [0, 0.05) is 0 Å². The molecular formula is C20H24N10O10P2S2. The number of ether oxygens (including phenoxy) is 2. The topological polar surface area (TPSA) is 269 Å². The van der Waals surface area contributed by atoms with Crippen molar-refractivity contribution < 1.29 is 46.9 Å². The van der Waals surface area contributed by atoms with E-state index in [0.29, 0.717) is 0 Å². The summed E-state index contributed by atoms with van der Waals surface area (Å²) in [6.45, 7) is -9.59. The third-order valence-electron chi connectivity index (χ3n) is 7.26. The summed E-state index contributed by atoms with van der Waals surface area (Å²) < 4.78 is 63.9. The Hall–Kier alpha value is -2.46. The first kappa shape index (κ1) is 30.2. The summed E-state index contributed by atoms with van der Waals surface area (Å²) in [6.07, 6.45) is -5.50. The Balaban J connectivity index is 1.17. The number of aliphatic hydroxyl groups excluding tert-OH is 2. The van der Waals surface area contributed by atoms with Crippen molar-refractivity contribution in [3.05, 3.63) is 25.3 Å². The minimum Gasteiger partial charge on any atom is -0.386 e. The number of aliphatic hydroxyl groups is 2. The Labute approximate surface area is 256 Å². The van der Waals surface area contributed by atoms with Crippen LogP contribution in [0.25, 0.3) is 22.3 Å². The van der Waals surface area contributed by atoms with E-state index in [0.717, 1.165) is 0 Å². The molecule has 3 fully saturated rings. The monoisotopic (exact) mass is 690 g/mol. The standard InChI is InChI=1S/C20H24N10O10P2S2/c21-15-9-17(25-3-23-15)29(5-27-9)19-11(31)13-7(37-19)1-35-41(33,43)40-14-8(2-36-42(34,44)39-13)38-20(12(14)32)30-6-28-10-16(22)24-4-26-18(10)30/h3-8,11-14,19-20,31-32H,1-2H2,(H,33,43)(H,34,44)(H2,21,23,25)(H2,22,24,26)/t7-,8-,11-,12?,13?,14-,19+,20?,41+,42-/m0/s1. The van der Waals surface area contributed by atoms with Crippen LogP contribution >= 0.6 is 38.1 Å². The van der Waals surface area contributed by atoms with Gasteiger partial charge >= 0.3 is 13.6 Å². The third-order valence-corrected chi connectivity index (χ3v) is 10.5. The molecule has 0 bridgehead atoms. The Morgan fingerprint density at radius 2 is 1.14 bits per heavy atom. The molecule has 0 aliphatic carbocycles. The molecule has 0 spiro atoms. The van der Waals surface area contributed by atoms with Crippen molar-refractivity contribution in [2.45, 2.75) is 49.1 Å². The van der Waals surface area contributed by atoms with Crippen molar-refractivity contribution in [2.24, 2.45) is 0 Å². The Bertz CT molecular complexity index is 1700. The SMILES string of the molecule is Nc1ncnc2c1ncn2C1O[C@H]2CO[P@](=O)(S)OC3[C@H](CO[P@@](=O)(S)O[C@@H]2C1O)O[C@@H](n1cnc2c(N)ncnc21)[C@H]3O. The van der Waals surface area contributed by atoms with Crippen molar-refractivity contribution in [3.63, 3.8) is 0 Å². The minimum absolute atomic E-state index is 0.101. The first-order valence-corrected chi connectivity index (χ1v) is 18.2. The van der Waals surface area contributed by atoms with Crippen LogP contribution in [0.1, 0.15) is 12.5 Å². The molecule has 4 aromatic rings. The summed E-state index contributed by atoms with van der Waals surface area (Å²) in [6, 6.07) is 0. The van der Waals surface area contributed by atoms with E-state index in [4.69, 9.17) is 39.0 Å². The molecule has 3 unspecified atom stereocenters. The lowest BCUT2D eigenvalue weighted by molar-refractivity contribution is -0.0561. The number of nitrogens with two attached hydrogens (primary N) is 2. The second-order valence-corrected chi connectivity index (χ2v) is 15.7. The van der Waals surface area contributed by atoms with Gasteiger partial charge in [-0.3, -0.25) is 27.2 Å². The molecule has 20 nitrogen and oxygen atoms in total. The lowest BCUT2D eigenvalue weighted by Gasteiger charge is -2.28. The van der Waals surface area contributed by atoms with E-state index in [9.17, 15) is 19.3 Å². The summed E-state index contributed by atoms with van der Waals surface area (Å²) in [4.78, 5) is 24.4. The van der Waals surface area contributed by atoms with Crippen LogP contribution in [0, 0.1) is 0 Å². The van der Waals surface area contributed by atoms with Gasteiger partial charge in [-0.05, 0) is 0 Å². The van der Waals surface area contributed by atoms with Gasteiger partial charge in [0.15, 0.2) is 35.4 Å². The molecule has 7 rings (SSSR count). The number of anilines is 2. The van der Waals surface area contributed by atoms with Crippen LogP contribution in [0.2, 0.25) is 0 Å². The normalized spacial score (nSPS) is 38.3. The summed E-state index contributed by atoms with van der Waals surface area (Å²) in [5, 5.41) is 22.5. The molecule has 0 aromatic carbocycles. The fourth-order valence-electron chi connectivity index (χ4n) is 5.24. The number of imidazole rings is 2. The molecule has 3 aliphatic heterocycles. The van der Waals surface area contributed by atoms with Crippen LogP contribution in [-0.2, 0) is 36.7 Å². The number of rotatable bonds is 2. The minimum atomic E-state index is -4.26. The van der Waals surface area contributed by atoms with E-state index in [2.05, 4.69) is 54.4 Å². The van der Waals surface area contributed by atoms with Crippen molar-refractivity contribution in [1.29, 1.82) is 0 Å². The predicted molar refractivity (Wildman–Crippen MR) is 154 cm³/mol. The molecule has 10 atom stereocenters.